The van der Waals surface area contributed by atoms with Crippen LogP contribution in [0, 0.1) is 17.8 Å². The second-order valence-corrected chi connectivity index (χ2v) is 18.0. The lowest BCUT2D eigenvalue weighted by atomic mass is 9.88. The number of hydrogen-bond acceptors (Lipinski definition) is 11. The average Bonchev–Trinajstić information content (AvgIpc) is 4.06. The zero-order valence-corrected chi connectivity index (χ0v) is 33.2. The number of amides is 4. The van der Waals surface area contributed by atoms with Crippen LogP contribution >= 0.6 is 0 Å². The largest absolute Gasteiger partial charge is 0.476 e. The van der Waals surface area contributed by atoms with Crippen LogP contribution in [0.25, 0.3) is 10.8 Å². The molecule has 3 N–H and O–H groups in total. The highest BCUT2D eigenvalue weighted by atomic mass is 32.2. The molecule has 7 atom stereocenters. The summed E-state index contributed by atoms with van der Waals surface area (Å²) in [6.07, 6.45) is -1.36. The summed E-state index contributed by atoms with van der Waals surface area (Å²) in [5.74, 6) is -3.35. The van der Waals surface area contributed by atoms with Crippen molar-refractivity contribution in [2.45, 2.75) is 120 Å². The van der Waals surface area contributed by atoms with Gasteiger partial charge in [0.2, 0.25) is 39.2 Å². The number of sulfonamides is 1. The van der Waals surface area contributed by atoms with E-state index in [9.17, 15) is 40.8 Å². The van der Waals surface area contributed by atoms with E-state index in [0.29, 0.717) is 63.3 Å². The van der Waals surface area contributed by atoms with Gasteiger partial charge in [0.1, 0.15) is 23.7 Å². The van der Waals surface area contributed by atoms with Gasteiger partial charge in [-0.2, -0.15) is 13.2 Å². The summed E-state index contributed by atoms with van der Waals surface area (Å²) in [5.41, 5.74) is -4.52. The molecule has 1 aromatic heterocycles. The maximum Gasteiger partial charge on any atom is 0.427 e. The fourth-order valence-corrected chi connectivity index (χ4v) is 8.85. The van der Waals surface area contributed by atoms with Crippen LogP contribution in [0.3, 0.4) is 0 Å². The van der Waals surface area contributed by atoms with E-state index < -0.39 is 86.4 Å². The maximum atomic E-state index is 14.7. The van der Waals surface area contributed by atoms with Crippen molar-refractivity contribution in [3.8, 4) is 11.8 Å². The Morgan fingerprint density at radius 2 is 1.70 bits per heavy atom. The van der Waals surface area contributed by atoms with Gasteiger partial charge in [-0.3, -0.25) is 19.1 Å². The molecule has 1 saturated heterocycles. The molecule has 0 unspecified atom stereocenters. The number of benzene rings is 1. The quantitative estimate of drug-likeness (QED) is 0.305. The highest BCUT2D eigenvalue weighted by Gasteiger charge is 2.62. The minimum absolute atomic E-state index is 0.0396. The minimum atomic E-state index is -4.92. The predicted octanol–water partition coefficient (Wildman–Crippen LogP) is 4.31. The van der Waals surface area contributed by atoms with Crippen molar-refractivity contribution in [3.63, 3.8) is 0 Å². The Hall–Kier alpha value is -4.68. The Kier molecular flexibility index (Phi) is 11.7. The van der Waals surface area contributed by atoms with E-state index in [-0.39, 0.29) is 37.1 Å². The molecule has 4 amide bonds. The number of allylic oxidation sites excluding steroid dienone is 1. The summed E-state index contributed by atoms with van der Waals surface area (Å²) in [4.78, 5) is 57.2. The van der Waals surface area contributed by atoms with Crippen LogP contribution in [0.1, 0.15) is 79.6 Å². The third kappa shape index (κ3) is 9.07. The van der Waals surface area contributed by atoms with Gasteiger partial charge >= 0.3 is 12.3 Å². The Morgan fingerprint density at radius 3 is 2.35 bits per heavy atom. The molecule has 312 valence electrons. The van der Waals surface area contributed by atoms with Gasteiger partial charge in [-0.25, -0.2) is 13.2 Å². The van der Waals surface area contributed by atoms with E-state index in [1.807, 2.05) is 13.0 Å². The predicted molar refractivity (Wildman–Crippen MR) is 199 cm³/mol. The van der Waals surface area contributed by atoms with Crippen molar-refractivity contribution in [1.29, 1.82) is 0 Å². The van der Waals surface area contributed by atoms with Gasteiger partial charge < -0.3 is 29.7 Å². The number of aromatic nitrogens is 2. The first-order valence-corrected chi connectivity index (χ1v) is 20.8. The monoisotopic (exact) mass is 822 g/mol. The molecule has 15 nitrogen and oxygen atoms in total. The van der Waals surface area contributed by atoms with Gasteiger partial charge in [-0.1, -0.05) is 38.1 Å². The molecule has 2 saturated carbocycles. The van der Waals surface area contributed by atoms with E-state index in [2.05, 4.69) is 25.6 Å². The van der Waals surface area contributed by atoms with Gasteiger partial charge in [0.25, 0.3) is 5.91 Å². The van der Waals surface area contributed by atoms with Crippen molar-refractivity contribution < 1.29 is 55.0 Å². The first-order valence-electron chi connectivity index (χ1n) is 19.2. The van der Waals surface area contributed by atoms with Crippen molar-refractivity contribution in [2.75, 3.05) is 13.2 Å². The fourth-order valence-electron chi connectivity index (χ4n) is 7.49. The summed E-state index contributed by atoms with van der Waals surface area (Å²) in [6.45, 7) is 6.87. The first-order chi connectivity index (χ1) is 26.8. The molecule has 2 aliphatic carbocycles. The topological polar surface area (TPSA) is 195 Å². The van der Waals surface area contributed by atoms with Crippen LogP contribution in [0.15, 0.2) is 36.4 Å². The third-order valence-electron chi connectivity index (χ3n) is 11.1. The number of rotatable bonds is 9. The zero-order valence-electron chi connectivity index (χ0n) is 32.4. The van der Waals surface area contributed by atoms with Crippen molar-refractivity contribution >= 4 is 44.6 Å². The Morgan fingerprint density at radius 1 is 1.04 bits per heavy atom. The number of carbonyl (C=O) groups is 4. The lowest BCUT2D eigenvalue weighted by molar-refractivity contribution is -0.244. The van der Waals surface area contributed by atoms with Gasteiger partial charge in [0.15, 0.2) is 0 Å². The number of alkyl halides is 3. The lowest BCUT2D eigenvalue weighted by Gasteiger charge is -2.34. The number of fused-ring (bicyclic) bond motifs is 3. The van der Waals surface area contributed by atoms with Gasteiger partial charge in [0.05, 0.1) is 29.2 Å². The Labute approximate surface area is 328 Å². The molecule has 57 heavy (non-hydrogen) atoms. The molecule has 4 aliphatic rings. The van der Waals surface area contributed by atoms with Crippen LogP contribution < -0.4 is 24.8 Å². The third-order valence-corrected chi connectivity index (χ3v) is 12.9. The molecule has 0 radical (unpaired) electrons. The number of hydrogen-bond donors (Lipinski definition) is 3. The Balaban J connectivity index is 1.35. The summed E-state index contributed by atoms with van der Waals surface area (Å²) in [6, 6.07) is 4.27. The lowest BCUT2D eigenvalue weighted by Crippen LogP contribution is -2.59. The molecule has 3 heterocycles. The Bertz CT molecular complexity index is 2030. The standard InChI is InChI=1S/C38H49F3N6O9S/c1-6-54-31-26-13-9-10-14-27(26)32(45-44-31)55-24-18-28-30(48)43-37(34(50)46-57(52,53)25-15-16-25)19-23(37)12-8-7-11-21(2)17-22(3)29(33(49)47(28)20-24)42-35(51)56-36(4,5)38(39,40)41/h8-10,12-14,21-25,28-29H,6-7,11,15-20H2,1-5H3,(H,42,51)(H,43,48)(H,46,50)/b12-8-/t21-,22+,23+,24+,28-,29-,37+/m0/s1. The van der Waals surface area contributed by atoms with E-state index in [4.69, 9.17) is 14.2 Å². The van der Waals surface area contributed by atoms with Crippen LogP contribution in [-0.2, 0) is 29.1 Å². The normalized spacial score (nSPS) is 29.2. The molecule has 6 rings (SSSR count). The van der Waals surface area contributed by atoms with Gasteiger partial charge in [-0.15, -0.1) is 10.2 Å². The number of halogens is 3. The van der Waals surface area contributed by atoms with Gasteiger partial charge in [0, 0.05) is 12.3 Å². The van der Waals surface area contributed by atoms with Crippen molar-refractivity contribution in [3.05, 3.63) is 36.4 Å². The molecule has 2 aromatic rings. The summed E-state index contributed by atoms with van der Waals surface area (Å²) in [5, 5.41) is 14.0. The summed E-state index contributed by atoms with van der Waals surface area (Å²) in [7, 11) is -3.98. The second kappa shape index (κ2) is 15.9. The van der Waals surface area contributed by atoms with Crippen molar-refractivity contribution in [1.82, 2.24) is 30.5 Å². The number of nitrogens with zero attached hydrogens (tertiary/aromatic N) is 3. The van der Waals surface area contributed by atoms with E-state index >= 15 is 0 Å². The van der Waals surface area contributed by atoms with E-state index in [0.717, 1.165) is 0 Å². The molecular weight excluding hydrogens is 774 g/mol. The number of carbonyl (C=O) groups excluding carboxylic acids is 4. The highest BCUT2D eigenvalue weighted by molar-refractivity contribution is 7.91. The highest BCUT2D eigenvalue weighted by Crippen LogP contribution is 2.46. The van der Waals surface area contributed by atoms with Gasteiger partial charge in [-0.05, 0) is 83.3 Å². The molecule has 3 fully saturated rings. The number of alkyl carbamates (subject to hydrolysis) is 1. The number of ether oxygens (including phenoxy) is 3. The fraction of sp³-hybridized carbons (Fsp3) is 0.632. The molecule has 1 aromatic carbocycles. The average molecular weight is 823 g/mol. The van der Waals surface area contributed by atoms with Crippen LogP contribution in [0.4, 0.5) is 18.0 Å². The van der Waals surface area contributed by atoms with E-state index in [1.165, 1.54) is 4.90 Å². The molecule has 0 spiro atoms. The molecular formula is C38H49F3N6O9S. The second-order valence-electron chi connectivity index (χ2n) is 16.1. The minimum Gasteiger partial charge on any atom is -0.476 e. The summed E-state index contributed by atoms with van der Waals surface area (Å²) < 4.78 is 85.8. The summed E-state index contributed by atoms with van der Waals surface area (Å²) >= 11 is 0. The maximum absolute atomic E-state index is 14.7. The van der Waals surface area contributed by atoms with E-state index in [1.54, 1.807) is 44.2 Å². The van der Waals surface area contributed by atoms with Crippen LogP contribution in [0.2, 0.25) is 0 Å². The van der Waals surface area contributed by atoms with Crippen LogP contribution in [0.5, 0.6) is 11.8 Å². The molecule has 2 aliphatic heterocycles. The number of nitrogens with one attached hydrogen (secondary N) is 3. The first kappa shape index (κ1) is 41.9. The molecule has 19 heteroatoms. The smallest absolute Gasteiger partial charge is 0.427 e. The zero-order chi connectivity index (χ0) is 41.5. The molecule has 0 bridgehead atoms. The van der Waals surface area contributed by atoms with Crippen LogP contribution in [-0.4, -0.2) is 101 Å². The SMILES string of the molecule is CCOc1nnc(O[C@@H]2C[C@H]3C(=O)N[C@]4(C(=O)NS(=O)(=O)C5CC5)C[C@H]4/C=C\CC[C@H](C)C[C@@H](C)[C@H](NC(=O)OC(C)(C)C(F)(F)F)C(=O)N3C2)c2ccccc12. The van der Waals surface area contributed by atoms with Crippen molar-refractivity contribution in [2.24, 2.45) is 17.8 Å².